The van der Waals surface area contributed by atoms with Gasteiger partial charge in [0.05, 0.1) is 6.20 Å². The molecule has 1 aromatic heterocycles. The summed E-state index contributed by atoms with van der Waals surface area (Å²) in [5, 5.41) is 7.59. The molecule has 2 aliphatic heterocycles. The fourth-order valence-corrected chi connectivity index (χ4v) is 3.70. The van der Waals surface area contributed by atoms with E-state index in [2.05, 4.69) is 10.3 Å². The van der Waals surface area contributed by atoms with E-state index in [-0.39, 0.29) is 23.8 Å². The Labute approximate surface area is 130 Å². The molecule has 0 saturated carbocycles. The maximum atomic E-state index is 12.5. The highest BCUT2D eigenvalue weighted by Crippen LogP contribution is 2.38. The van der Waals surface area contributed by atoms with Crippen molar-refractivity contribution in [2.75, 3.05) is 26.2 Å². The molecule has 1 spiro atoms. The van der Waals surface area contributed by atoms with E-state index in [1.54, 1.807) is 17.1 Å². The molecular formula is C15H23N5O2. The summed E-state index contributed by atoms with van der Waals surface area (Å²) in [5.74, 6) is 0.337. The zero-order valence-electron chi connectivity index (χ0n) is 13.1. The molecule has 0 radical (unpaired) electrons. The molecule has 3 heterocycles. The molecule has 2 aliphatic rings. The fraction of sp³-hybridized carbons (Fsp3) is 0.733. The van der Waals surface area contributed by atoms with Gasteiger partial charge in [-0.1, -0.05) is 5.21 Å². The van der Waals surface area contributed by atoms with Crippen LogP contribution in [-0.2, 0) is 16.1 Å². The summed E-state index contributed by atoms with van der Waals surface area (Å²) in [6.45, 7) is 5.36. The molecule has 0 unspecified atom stereocenters. The molecule has 0 aromatic carbocycles. The van der Waals surface area contributed by atoms with Gasteiger partial charge in [-0.05, 0) is 26.2 Å². The average molecular weight is 305 g/mol. The van der Waals surface area contributed by atoms with Gasteiger partial charge in [0, 0.05) is 44.2 Å². The molecule has 2 fully saturated rings. The predicted octanol–water partition coefficient (Wildman–Crippen LogP) is 0.529. The lowest BCUT2D eigenvalue weighted by Crippen LogP contribution is -2.55. The minimum atomic E-state index is 0.0835. The van der Waals surface area contributed by atoms with Gasteiger partial charge in [0.25, 0.3) is 0 Å². The molecule has 0 N–H and O–H groups in total. The smallest absolute Gasteiger partial charge is 0.244 e. The summed E-state index contributed by atoms with van der Waals surface area (Å²) in [4.78, 5) is 28.2. The Morgan fingerprint density at radius 1 is 1.36 bits per heavy atom. The number of piperidine rings is 2. The molecule has 22 heavy (non-hydrogen) atoms. The van der Waals surface area contributed by atoms with E-state index in [1.165, 1.54) is 0 Å². The number of aromatic nitrogens is 3. The molecule has 2 amide bonds. The Morgan fingerprint density at radius 3 is 2.95 bits per heavy atom. The highest BCUT2D eigenvalue weighted by atomic mass is 16.2. The van der Waals surface area contributed by atoms with Crippen LogP contribution in [0.15, 0.2) is 12.4 Å². The Kier molecular flexibility index (Phi) is 4.13. The Hall–Kier alpha value is -1.92. The minimum Gasteiger partial charge on any atom is -0.342 e. The van der Waals surface area contributed by atoms with Crippen molar-refractivity contribution in [2.45, 2.75) is 39.2 Å². The molecule has 120 valence electrons. The van der Waals surface area contributed by atoms with Crippen molar-refractivity contribution in [1.29, 1.82) is 0 Å². The monoisotopic (exact) mass is 305 g/mol. The zero-order valence-corrected chi connectivity index (χ0v) is 13.1. The van der Waals surface area contributed by atoms with E-state index < -0.39 is 0 Å². The van der Waals surface area contributed by atoms with E-state index in [0.717, 1.165) is 45.4 Å². The van der Waals surface area contributed by atoms with Crippen LogP contribution in [0.1, 0.15) is 32.6 Å². The summed E-state index contributed by atoms with van der Waals surface area (Å²) in [6.07, 6.45) is 6.90. The second-order valence-corrected chi connectivity index (χ2v) is 6.43. The van der Waals surface area contributed by atoms with Crippen LogP contribution in [0.4, 0.5) is 0 Å². The minimum absolute atomic E-state index is 0.0835. The normalized spacial score (nSPS) is 25.8. The van der Waals surface area contributed by atoms with Gasteiger partial charge in [-0.15, -0.1) is 5.10 Å². The number of rotatable bonds is 3. The summed E-state index contributed by atoms with van der Waals surface area (Å²) < 4.78 is 1.56. The summed E-state index contributed by atoms with van der Waals surface area (Å²) in [7, 11) is 0. The van der Waals surface area contributed by atoms with Crippen molar-refractivity contribution >= 4 is 11.8 Å². The van der Waals surface area contributed by atoms with E-state index in [1.807, 2.05) is 16.7 Å². The molecule has 7 nitrogen and oxygen atoms in total. The summed E-state index contributed by atoms with van der Waals surface area (Å²) in [5.41, 5.74) is 0.0835. The number of likely N-dealkylation sites (tertiary alicyclic amines) is 2. The van der Waals surface area contributed by atoms with E-state index in [4.69, 9.17) is 0 Å². The molecular weight excluding hydrogens is 282 g/mol. The van der Waals surface area contributed by atoms with Gasteiger partial charge in [0.1, 0.15) is 6.54 Å². The van der Waals surface area contributed by atoms with Crippen molar-refractivity contribution in [2.24, 2.45) is 5.41 Å². The number of amides is 2. The second kappa shape index (κ2) is 6.06. The summed E-state index contributed by atoms with van der Waals surface area (Å²) >= 11 is 0. The first-order valence-corrected chi connectivity index (χ1v) is 8.01. The molecule has 2 saturated heterocycles. The van der Waals surface area contributed by atoms with E-state index in [0.29, 0.717) is 6.42 Å². The Morgan fingerprint density at radius 2 is 2.23 bits per heavy atom. The SMILES string of the molecule is CCN1C[C@@]2(CCCN(C(=O)Cn3ccnn3)C2)CCC1=O. The molecule has 1 aromatic rings. The number of hydrogen-bond acceptors (Lipinski definition) is 4. The molecule has 3 rings (SSSR count). The van der Waals surface area contributed by atoms with Gasteiger partial charge < -0.3 is 9.80 Å². The number of carbonyl (C=O) groups is 2. The predicted molar refractivity (Wildman–Crippen MR) is 79.8 cm³/mol. The third kappa shape index (κ3) is 2.98. The van der Waals surface area contributed by atoms with Crippen LogP contribution in [0.2, 0.25) is 0 Å². The molecule has 7 heteroatoms. The zero-order chi connectivity index (χ0) is 15.6. The first-order chi connectivity index (χ1) is 10.6. The van der Waals surface area contributed by atoms with Crippen LogP contribution < -0.4 is 0 Å². The topological polar surface area (TPSA) is 71.3 Å². The largest absolute Gasteiger partial charge is 0.342 e. The second-order valence-electron chi connectivity index (χ2n) is 6.43. The number of hydrogen-bond donors (Lipinski definition) is 0. The van der Waals surface area contributed by atoms with Crippen LogP contribution in [0.25, 0.3) is 0 Å². The average Bonchev–Trinajstić information content (AvgIpc) is 3.03. The first kappa shape index (κ1) is 15.0. The fourth-order valence-electron chi connectivity index (χ4n) is 3.70. The van der Waals surface area contributed by atoms with E-state index in [9.17, 15) is 9.59 Å². The van der Waals surface area contributed by atoms with Crippen molar-refractivity contribution in [1.82, 2.24) is 24.8 Å². The summed E-state index contributed by atoms with van der Waals surface area (Å²) in [6, 6.07) is 0. The van der Waals surface area contributed by atoms with E-state index >= 15 is 0 Å². The van der Waals surface area contributed by atoms with Gasteiger partial charge in [-0.25, -0.2) is 4.68 Å². The maximum Gasteiger partial charge on any atom is 0.244 e. The lowest BCUT2D eigenvalue weighted by atomic mass is 9.73. The van der Waals surface area contributed by atoms with Crippen LogP contribution in [-0.4, -0.2) is 62.8 Å². The van der Waals surface area contributed by atoms with Gasteiger partial charge in [0.15, 0.2) is 0 Å². The highest BCUT2D eigenvalue weighted by Gasteiger charge is 2.42. The van der Waals surface area contributed by atoms with Crippen LogP contribution in [0.3, 0.4) is 0 Å². The van der Waals surface area contributed by atoms with Crippen molar-refractivity contribution in [3.8, 4) is 0 Å². The Balaban J connectivity index is 1.66. The first-order valence-electron chi connectivity index (χ1n) is 8.01. The molecule has 0 aliphatic carbocycles. The van der Waals surface area contributed by atoms with Crippen molar-refractivity contribution in [3.05, 3.63) is 12.4 Å². The third-order valence-electron chi connectivity index (χ3n) is 4.91. The lowest BCUT2D eigenvalue weighted by Gasteiger charge is -2.48. The Bertz CT molecular complexity index is 544. The molecule has 0 bridgehead atoms. The van der Waals surface area contributed by atoms with Crippen LogP contribution >= 0.6 is 0 Å². The van der Waals surface area contributed by atoms with Crippen molar-refractivity contribution in [3.63, 3.8) is 0 Å². The number of nitrogens with zero attached hydrogens (tertiary/aromatic N) is 5. The van der Waals surface area contributed by atoms with Gasteiger partial charge >= 0.3 is 0 Å². The number of carbonyl (C=O) groups excluding carboxylic acids is 2. The van der Waals surface area contributed by atoms with Gasteiger partial charge in [-0.3, -0.25) is 9.59 Å². The van der Waals surface area contributed by atoms with Gasteiger partial charge in [-0.2, -0.15) is 0 Å². The van der Waals surface area contributed by atoms with Crippen LogP contribution in [0.5, 0.6) is 0 Å². The quantitative estimate of drug-likeness (QED) is 0.816. The lowest BCUT2D eigenvalue weighted by molar-refractivity contribution is -0.143. The third-order valence-corrected chi connectivity index (χ3v) is 4.91. The van der Waals surface area contributed by atoms with Crippen LogP contribution in [0, 0.1) is 5.41 Å². The molecule has 1 atom stereocenters. The van der Waals surface area contributed by atoms with Crippen molar-refractivity contribution < 1.29 is 9.59 Å². The standard InChI is InChI=1S/C15H23N5O2/c1-2-18-11-15(6-4-13(18)21)5-3-8-19(12-15)14(22)10-20-9-7-16-17-20/h7,9H,2-6,8,10-12H2,1H3/t15-/m1/s1. The maximum absolute atomic E-state index is 12.5. The van der Waals surface area contributed by atoms with Gasteiger partial charge in [0.2, 0.25) is 11.8 Å². The highest BCUT2D eigenvalue weighted by molar-refractivity contribution is 5.78.